The van der Waals surface area contributed by atoms with E-state index in [9.17, 15) is 4.79 Å². The number of carboxylic acids is 1. The molecule has 2 nitrogen and oxygen atoms in total. The lowest BCUT2D eigenvalue weighted by Gasteiger charge is -1.73. The molecule has 0 aromatic rings. The van der Waals surface area contributed by atoms with Crippen LogP contribution < -0.4 is 0 Å². The molecule has 0 radical (unpaired) electrons. The van der Waals surface area contributed by atoms with Crippen molar-refractivity contribution in [3.8, 4) is 0 Å². The van der Waals surface area contributed by atoms with Crippen LogP contribution in [0.1, 0.15) is 0 Å². The number of aliphatic carboxylic acids is 1. The lowest BCUT2D eigenvalue weighted by atomic mass is 10.1. The molecule has 0 atom stereocenters. The largest absolute Gasteiger partial charge is 0.478 e. The molecule has 0 aliphatic rings. The Labute approximate surface area is 43.3 Å². The highest BCUT2D eigenvalue weighted by Gasteiger charge is 1.79. The van der Waals surface area contributed by atoms with Gasteiger partial charge in [0, 0.05) is 6.08 Å². The standard InChI is InChI=1S/C4H7BO2/c5-3-1-2-4(6)7/h1-2H,3,5H2,(H,6,7). The second-order valence-corrected chi connectivity index (χ2v) is 1.15. The number of hydrogen-bond donors (Lipinski definition) is 1. The smallest absolute Gasteiger partial charge is 0.327 e. The Bertz CT molecular complexity index is 87.7. The Kier molecular flexibility index (Phi) is 3.11. The molecular weight excluding hydrogens is 90.9 g/mol. The van der Waals surface area contributed by atoms with Crippen molar-refractivity contribution in [1.29, 1.82) is 0 Å². The summed E-state index contributed by atoms with van der Waals surface area (Å²) in [5, 5.41) is 7.96. The minimum absolute atomic E-state index is 0.784. The molecule has 38 valence electrons. The van der Waals surface area contributed by atoms with Gasteiger partial charge in [0.2, 0.25) is 0 Å². The fourth-order valence-corrected chi connectivity index (χ4v) is 0.219. The first-order valence-corrected chi connectivity index (χ1v) is 2.17. The Morgan fingerprint density at radius 1 is 1.86 bits per heavy atom. The summed E-state index contributed by atoms with van der Waals surface area (Å²) in [5.41, 5.74) is 0. The van der Waals surface area contributed by atoms with Crippen LogP contribution in [0.25, 0.3) is 0 Å². The molecule has 0 aliphatic carbocycles. The van der Waals surface area contributed by atoms with E-state index in [1.807, 2.05) is 7.85 Å². The maximum atomic E-state index is 9.67. The highest BCUT2D eigenvalue weighted by molar-refractivity contribution is 6.09. The molecule has 7 heavy (non-hydrogen) atoms. The predicted octanol–water partition coefficient (Wildman–Crippen LogP) is -0.321. The van der Waals surface area contributed by atoms with Crippen LogP contribution in [0.4, 0.5) is 0 Å². The van der Waals surface area contributed by atoms with Gasteiger partial charge >= 0.3 is 5.97 Å². The first kappa shape index (κ1) is 6.27. The van der Waals surface area contributed by atoms with Crippen molar-refractivity contribution in [3.63, 3.8) is 0 Å². The van der Waals surface area contributed by atoms with E-state index in [1.165, 1.54) is 0 Å². The van der Waals surface area contributed by atoms with Crippen LogP contribution in [0.3, 0.4) is 0 Å². The van der Waals surface area contributed by atoms with E-state index in [-0.39, 0.29) is 0 Å². The van der Waals surface area contributed by atoms with E-state index in [0.717, 1.165) is 12.4 Å². The SMILES string of the molecule is BCC=CC(=O)O. The minimum atomic E-state index is -0.873. The van der Waals surface area contributed by atoms with Crippen molar-refractivity contribution in [2.24, 2.45) is 0 Å². The third kappa shape index (κ3) is 5.27. The molecule has 0 fully saturated rings. The van der Waals surface area contributed by atoms with Gasteiger partial charge in [0.25, 0.3) is 0 Å². The molecule has 0 heterocycles. The van der Waals surface area contributed by atoms with Crippen molar-refractivity contribution in [2.45, 2.75) is 6.32 Å². The molecule has 0 spiro atoms. The summed E-state index contributed by atoms with van der Waals surface area (Å²) < 4.78 is 0. The number of hydrogen-bond acceptors (Lipinski definition) is 1. The van der Waals surface area contributed by atoms with Crippen molar-refractivity contribution in [1.82, 2.24) is 0 Å². The Hall–Kier alpha value is -0.725. The van der Waals surface area contributed by atoms with E-state index < -0.39 is 5.97 Å². The van der Waals surface area contributed by atoms with Gasteiger partial charge in [0.1, 0.15) is 7.85 Å². The van der Waals surface area contributed by atoms with Crippen molar-refractivity contribution in [2.75, 3.05) is 0 Å². The van der Waals surface area contributed by atoms with Crippen LogP contribution in [-0.2, 0) is 4.79 Å². The summed E-state index contributed by atoms with van der Waals surface area (Å²) in [6.45, 7) is 0. The summed E-state index contributed by atoms with van der Waals surface area (Å²) in [5.74, 6) is -0.873. The quantitative estimate of drug-likeness (QED) is 0.379. The molecule has 0 saturated heterocycles. The fourth-order valence-electron chi connectivity index (χ4n) is 0.219. The van der Waals surface area contributed by atoms with E-state index in [2.05, 4.69) is 0 Å². The maximum Gasteiger partial charge on any atom is 0.327 e. The summed E-state index contributed by atoms with van der Waals surface area (Å²) in [6.07, 6.45) is 3.52. The van der Waals surface area contributed by atoms with Gasteiger partial charge in [0.05, 0.1) is 0 Å². The molecule has 0 saturated carbocycles. The van der Waals surface area contributed by atoms with Crippen LogP contribution >= 0.6 is 0 Å². The molecule has 0 amide bonds. The van der Waals surface area contributed by atoms with Crippen molar-refractivity contribution < 1.29 is 9.90 Å². The molecule has 1 N–H and O–H groups in total. The summed E-state index contributed by atoms with van der Waals surface area (Å²) >= 11 is 0. The van der Waals surface area contributed by atoms with Crippen LogP contribution in [0.5, 0.6) is 0 Å². The minimum Gasteiger partial charge on any atom is -0.478 e. The van der Waals surface area contributed by atoms with Gasteiger partial charge in [-0.05, 0) is 0 Å². The second-order valence-electron chi connectivity index (χ2n) is 1.15. The third-order valence-corrected chi connectivity index (χ3v) is 0.496. The molecule has 0 rings (SSSR count). The zero-order valence-electron chi connectivity index (χ0n) is 4.22. The molecule has 0 aliphatic heterocycles. The summed E-state index contributed by atoms with van der Waals surface area (Å²) in [7, 11) is 1.89. The molecule has 0 aromatic carbocycles. The number of carbonyl (C=O) groups is 1. The van der Waals surface area contributed by atoms with Gasteiger partial charge in [0.15, 0.2) is 0 Å². The van der Waals surface area contributed by atoms with E-state index in [0.29, 0.717) is 0 Å². The maximum absolute atomic E-state index is 9.67. The van der Waals surface area contributed by atoms with Gasteiger partial charge in [-0.15, -0.1) is 0 Å². The first-order chi connectivity index (χ1) is 3.27. The second kappa shape index (κ2) is 3.46. The lowest BCUT2D eigenvalue weighted by Crippen LogP contribution is -1.84. The number of rotatable bonds is 2. The van der Waals surface area contributed by atoms with Gasteiger partial charge < -0.3 is 5.11 Å². The Morgan fingerprint density at radius 2 is 2.43 bits per heavy atom. The van der Waals surface area contributed by atoms with E-state index in [4.69, 9.17) is 5.11 Å². The Morgan fingerprint density at radius 3 is 2.57 bits per heavy atom. The zero-order valence-corrected chi connectivity index (χ0v) is 4.22. The predicted molar refractivity (Wildman–Crippen MR) is 30.1 cm³/mol. The fraction of sp³-hybridized carbons (Fsp3) is 0.250. The van der Waals surface area contributed by atoms with Gasteiger partial charge in [-0.2, -0.15) is 0 Å². The van der Waals surface area contributed by atoms with Crippen LogP contribution in [0, 0.1) is 0 Å². The van der Waals surface area contributed by atoms with E-state index >= 15 is 0 Å². The van der Waals surface area contributed by atoms with Gasteiger partial charge in [-0.25, -0.2) is 4.79 Å². The van der Waals surface area contributed by atoms with Crippen LogP contribution in [-0.4, -0.2) is 18.9 Å². The average molecular weight is 97.9 g/mol. The van der Waals surface area contributed by atoms with Crippen LogP contribution in [0.2, 0.25) is 6.32 Å². The summed E-state index contributed by atoms with van der Waals surface area (Å²) in [6, 6.07) is 0. The Balaban J connectivity index is 3.26. The average Bonchev–Trinajstić information content (AvgIpc) is 1.61. The van der Waals surface area contributed by atoms with Crippen LogP contribution in [0.15, 0.2) is 12.2 Å². The first-order valence-electron chi connectivity index (χ1n) is 2.17. The normalized spacial score (nSPS) is 9.71. The lowest BCUT2D eigenvalue weighted by molar-refractivity contribution is -0.131. The highest BCUT2D eigenvalue weighted by atomic mass is 16.4. The molecule has 0 aromatic heterocycles. The monoisotopic (exact) mass is 98.1 g/mol. The zero-order chi connectivity index (χ0) is 5.70. The number of carboxylic acid groups (broad SMARTS) is 1. The topological polar surface area (TPSA) is 37.3 Å². The molecule has 0 unspecified atom stereocenters. The van der Waals surface area contributed by atoms with Crippen molar-refractivity contribution >= 4 is 13.8 Å². The number of allylic oxidation sites excluding steroid dienone is 1. The van der Waals surface area contributed by atoms with Gasteiger partial charge in [-0.1, -0.05) is 12.4 Å². The van der Waals surface area contributed by atoms with Gasteiger partial charge in [-0.3, -0.25) is 0 Å². The van der Waals surface area contributed by atoms with Crippen molar-refractivity contribution in [3.05, 3.63) is 12.2 Å². The third-order valence-electron chi connectivity index (χ3n) is 0.496. The molecular formula is C4H7BO2. The molecule has 0 bridgehead atoms. The highest BCUT2D eigenvalue weighted by Crippen LogP contribution is 1.74. The van der Waals surface area contributed by atoms with E-state index in [1.54, 1.807) is 6.08 Å². The summed E-state index contributed by atoms with van der Waals surface area (Å²) in [4.78, 5) is 9.67. The molecule has 3 heteroatoms.